The average molecular weight is 280 g/mol. The van der Waals surface area contributed by atoms with Gasteiger partial charge in [-0.1, -0.05) is 0 Å². The van der Waals surface area contributed by atoms with E-state index in [1.54, 1.807) is 22.4 Å². The second kappa shape index (κ2) is 5.97. The van der Waals surface area contributed by atoms with Crippen LogP contribution in [0.3, 0.4) is 0 Å². The van der Waals surface area contributed by atoms with E-state index in [4.69, 9.17) is 5.11 Å². The number of carbonyl (C=O) groups is 1. The minimum absolute atomic E-state index is 0.179. The normalized spacial score (nSPS) is 11.0. The van der Waals surface area contributed by atoms with E-state index in [-0.39, 0.29) is 11.3 Å². The monoisotopic (exact) mass is 280 g/mol. The maximum atomic E-state index is 11.8. The lowest BCUT2D eigenvalue weighted by molar-refractivity contribution is 0.0697. The van der Waals surface area contributed by atoms with Crippen molar-refractivity contribution in [3.05, 3.63) is 34.2 Å². The molecule has 1 heterocycles. The first-order valence-corrected chi connectivity index (χ1v) is 7.47. The third-order valence-electron chi connectivity index (χ3n) is 3.00. The molecule has 102 valence electrons. The van der Waals surface area contributed by atoms with Gasteiger partial charge in [-0.3, -0.25) is 4.57 Å². The Kier molecular flexibility index (Phi) is 4.31. The summed E-state index contributed by atoms with van der Waals surface area (Å²) in [7, 11) is 0. The van der Waals surface area contributed by atoms with Crippen molar-refractivity contribution < 1.29 is 9.90 Å². The van der Waals surface area contributed by atoms with Gasteiger partial charge in [-0.15, -0.1) is 0 Å². The fraction of sp³-hybridized carbons (Fsp3) is 0.385. The number of carboxylic acid groups (broad SMARTS) is 1. The summed E-state index contributed by atoms with van der Waals surface area (Å²) in [5, 5.41) is 8.92. The Labute approximate surface area is 114 Å². The Balaban J connectivity index is 2.27. The van der Waals surface area contributed by atoms with Gasteiger partial charge < -0.3 is 10.1 Å². The highest BCUT2D eigenvalue weighted by molar-refractivity contribution is 7.98. The second-order valence-corrected chi connectivity index (χ2v) is 5.30. The summed E-state index contributed by atoms with van der Waals surface area (Å²) in [5.74, 6) is 0.0933. The standard InChI is InChI=1S/C13H16N2O3S/c1-19-7-3-2-6-15-11-5-4-9(12(16)17)8-10(11)14-13(15)18/h4-5,8H,2-3,6-7H2,1H3,(H,14,18)(H,16,17). The lowest BCUT2D eigenvalue weighted by Crippen LogP contribution is -2.16. The van der Waals surface area contributed by atoms with Gasteiger partial charge in [0.15, 0.2) is 0 Å². The number of nitrogens with one attached hydrogen (secondary N) is 1. The van der Waals surface area contributed by atoms with Crippen LogP contribution in [0.4, 0.5) is 0 Å². The van der Waals surface area contributed by atoms with Crippen LogP contribution in [0.25, 0.3) is 11.0 Å². The molecule has 0 spiro atoms. The van der Waals surface area contributed by atoms with Crippen LogP contribution in [-0.4, -0.2) is 32.6 Å². The molecular weight excluding hydrogens is 264 g/mol. The summed E-state index contributed by atoms with van der Waals surface area (Å²) in [6.07, 6.45) is 4.06. The molecule has 0 aliphatic carbocycles. The number of imidazole rings is 1. The van der Waals surface area contributed by atoms with Gasteiger partial charge in [0.05, 0.1) is 16.6 Å². The Morgan fingerprint density at radius 3 is 2.89 bits per heavy atom. The Bertz CT molecular complexity index is 645. The maximum Gasteiger partial charge on any atom is 0.335 e. The largest absolute Gasteiger partial charge is 0.478 e. The molecule has 0 bridgehead atoms. The average Bonchev–Trinajstić information content (AvgIpc) is 2.69. The predicted octanol–water partition coefficient (Wildman–Crippen LogP) is 2.17. The Morgan fingerprint density at radius 1 is 1.42 bits per heavy atom. The van der Waals surface area contributed by atoms with Crippen LogP contribution in [0, 0.1) is 0 Å². The third-order valence-corrected chi connectivity index (χ3v) is 3.70. The zero-order chi connectivity index (χ0) is 13.8. The quantitative estimate of drug-likeness (QED) is 0.795. The smallest absolute Gasteiger partial charge is 0.335 e. The van der Waals surface area contributed by atoms with Gasteiger partial charge in [-0.05, 0) is 43.0 Å². The van der Waals surface area contributed by atoms with Crippen molar-refractivity contribution in [3.63, 3.8) is 0 Å². The van der Waals surface area contributed by atoms with E-state index in [0.717, 1.165) is 24.1 Å². The van der Waals surface area contributed by atoms with Crippen LogP contribution < -0.4 is 5.69 Å². The molecule has 6 heteroatoms. The number of benzene rings is 1. The van der Waals surface area contributed by atoms with Crippen LogP contribution in [0.1, 0.15) is 23.2 Å². The number of hydrogen-bond acceptors (Lipinski definition) is 3. The zero-order valence-corrected chi connectivity index (χ0v) is 11.5. The number of aromatic carboxylic acids is 1. The molecule has 1 aromatic carbocycles. The number of hydrogen-bond donors (Lipinski definition) is 2. The Morgan fingerprint density at radius 2 is 2.21 bits per heavy atom. The lowest BCUT2D eigenvalue weighted by Gasteiger charge is -2.03. The third kappa shape index (κ3) is 3.01. The number of carboxylic acids is 1. The number of unbranched alkanes of at least 4 members (excludes halogenated alkanes) is 1. The highest BCUT2D eigenvalue weighted by atomic mass is 32.2. The highest BCUT2D eigenvalue weighted by Gasteiger charge is 2.09. The molecule has 2 aromatic rings. The number of aryl methyl sites for hydroxylation is 1. The van der Waals surface area contributed by atoms with Gasteiger partial charge in [0.25, 0.3) is 0 Å². The summed E-state index contributed by atoms with van der Waals surface area (Å²) in [6, 6.07) is 4.71. The van der Waals surface area contributed by atoms with Crippen molar-refractivity contribution in [1.82, 2.24) is 9.55 Å². The number of aromatic nitrogens is 2. The molecule has 0 unspecified atom stereocenters. The summed E-state index contributed by atoms with van der Waals surface area (Å²) >= 11 is 1.79. The number of fused-ring (bicyclic) bond motifs is 1. The maximum absolute atomic E-state index is 11.8. The number of rotatable bonds is 6. The van der Waals surface area contributed by atoms with Crippen LogP contribution in [0.2, 0.25) is 0 Å². The van der Waals surface area contributed by atoms with Crippen molar-refractivity contribution in [1.29, 1.82) is 0 Å². The van der Waals surface area contributed by atoms with Gasteiger partial charge in [0, 0.05) is 6.54 Å². The molecule has 0 fully saturated rings. The van der Waals surface area contributed by atoms with E-state index in [9.17, 15) is 9.59 Å². The molecule has 2 N–H and O–H groups in total. The first kappa shape index (κ1) is 13.7. The minimum Gasteiger partial charge on any atom is -0.478 e. The molecule has 2 rings (SSSR count). The molecule has 19 heavy (non-hydrogen) atoms. The van der Waals surface area contributed by atoms with Gasteiger partial charge in [-0.25, -0.2) is 9.59 Å². The molecule has 0 saturated carbocycles. The van der Waals surface area contributed by atoms with E-state index in [0.29, 0.717) is 12.1 Å². The van der Waals surface area contributed by atoms with E-state index in [1.165, 1.54) is 12.1 Å². The van der Waals surface area contributed by atoms with Gasteiger partial charge in [0.1, 0.15) is 0 Å². The fourth-order valence-corrected chi connectivity index (χ4v) is 2.53. The molecule has 5 nitrogen and oxygen atoms in total. The summed E-state index contributed by atoms with van der Waals surface area (Å²) in [5.41, 5.74) is 1.35. The van der Waals surface area contributed by atoms with E-state index >= 15 is 0 Å². The van der Waals surface area contributed by atoms with Crippen LogP contribution in [-0.2, 0) is 6.54 Å². The molecule has 1 aromatic heterocycles. The molecule has 0 radical (unpaired) electrons. The summed E-state index contributed by atoms with van der Waals surface area (Å²) < 4.78 is 1.67. The number of thioether (sulfide) groups is 1. The SMILES string of the molecule is CSCCCCn1c(=O)[nH]c2cc(C(=O)O)ccc21. The number of aromatic amines is 1. The van der Waals surface area contributed by atoms with E-state index in [1.807, 2.05) is 0 Å². The first-order valence-electron chi connectivity index (χ1n) is 6.08. The van der Waals surface area contributed by atoms with Crippen LogP contribution in [0.5, 0.6) is 0 Å². The zero-order valence-electron chi connectivity index (χ0n) is 10.7. The molecule has 0 atom stereocenters. The predicted molar refractivity (Wildman–Crippen MR) is 77.1 cm³/mol. The molecule has 0 aliphatic heterocycles. The van der Waals surface area contributed by atoms with Crippen molar-refractivity contribution in [2.75, 3.05) is 12.0 Å². The minimum atomic E-state index is -0.990. The summed E-state index contributed by atoms with van der Waals surface area (Å²) in [6.45, 7) is 0.659. The fourth-order valence-electron chi connectivity index (χ4n) is 2.03. The molecular formula is C13H16N2O3S. The van der Waals surface area contributed by atoms with Crippen molar-refractivity contribution in [2.45, 2.75) is 19.4 Å². The highest BCUT2D eigenvalue weighted by Crippen LogP contribution is 2.14. The molecule has 0 saturated heterocycles. The van der Waals surface area contributed by atoms with Crippen LogP contribution >= 0.6 is 11.8 Å². The van der Waals surface area contributed by atoms with E-state index < -0.39 is 5.97 Å². The Hall–Kier alpha value is -1.69. The first-order chi connectivity index (χ1) is 9.13. The van der Waals surface area contributed by atoms with Crippen molar-refractivity contribution >= 4 is 28.8 Å². The van der Waals surface area contributed by atoms with Crippen LogP contribution in [0.15, 0.2) is 23.0 Å². The van der Waals surface area contributed by atoms with Gasteiger partial charge in [-0.2, -0.15) is 11.8 Å². The lowest BCUT2D eigenvalue weighted by atomic mass is 10.2. The van der Waals surface area contributed by atoms with Gasteiger partial charge >= 0.3 is 11.7 Å². The van der Waals surface area contributed by atoms with Gasteiger partial charge in [0.2, 0.25) is 0 Å². The molecule has 0 aliphatic rings. The van der Waals surface area contributed by atoms with E-state index in [2.05, 4.69) is 11.2 Å². The number of nitrogens with zero attached hydrogens (tertiary/aromatic N) is 1. The van der Waals surface area contributed by atoms with Crippen molar-refractivity contribution in [3.8, 4) is 0 Å². The summed E-state index contributed by atoms with van der Waals surface area (Å²) in [4.78, 5) is 25.4. The topological polar surface area (TPSA) is 75.1 Å². The number of H-pyrrole nitrogens is 1. The molecule has 0 amide bonds. The second-order valence-electron chi connectivity index (χ2n) is 4.32. The van der Waals surface area contributed by atoms with Crippen molar-refractivity contribution in [2.24, 2.45) is 0 Å².